The molecule has 0 aromatic heterocycles. The van der Waals surface area contributed by atoms with Crippen LogP contribution in [-0.4, -0.2) is 81.7 Å². The molecule has 1 N–H and O–H groups in total. The first kappa shape index (κ1) is 24.2. The summed E-state index contributed by atoms with van der Waals surface area (Å²) >= 11 is 0. The SMILES string of the molecule is COc1ccc(CN2CCN(C(=O)c3ccc4c(c3)NC(=O)C3CCCCN43)CC2)c(OC)c1OC. The smallest absolute Gasteiger partial charge is 0.254 e. The summed E-state index contributed by atoms with van der Waals surface area (Å²) in [6.07, 6.45) is 3.04. The topological polar surface area (TPSA) is 83.6 Å². The molecule has 2 aromatic rings. The van der Waals surface area contributed by atoms with Crippen LogP contribution < -0.4 is 24.4 Å². The molecule has 2 fully saturated rings. The molecule has 0 spiro atoms. The summed E-state index contributed by atoms with van der Waals surface area (Å²) in [4.78, 5) is 32.3. The fourth-order valence-corrected chi connectivity index (χ4v) is 5.55. The summed E-state index contributed by atoms with van der Waals surface area (Å²) in [6, 6.07) is 9.50. The Labute approximate surface area is 211 Å². The van der Waals surface area contributed by atoms with Crippen LogP contribution in [0.1, 0.15) is 35.2 Å². The van der Waals surface area contributed by atoms with Crippen molar-refractivity contribution in [2.75, 3.05) is 64.3 Å². The number of hydrogen-bond acceptors (Lipinski definition) is 7. The second-order valence-electron chi connectivity index (χ2n) is 9.49. The first-order valence-corrected chi connectivity index (χ1v) is 12.5. The summed E-state index contributed by atoms with van der Waals surface area (Å²) in [6.45, 7) is 4.33. The minimum absolute atomic E-state index is 0.00355. The number of rotatable bonds is 6. The van der Waals surface area contributed by atoms with Gasteiger partial charge in [0.05, 0.1) is 32.7 Å². The number of piperidine rings is 1. The number of benzene rings is 2. The van der Waals surface area contributed by atoms with Crippen molar-refractivity contribution in [3.8, 4) is 17.2 Å². The quantitative estimate of drug-likeness (QED) is 0.661. The first-order valence-electron chi connectivity index (χ1n) is 12.5. The van der Waals surface area contributed by atoms with E-state index in [0.717, 1.165) is 55.8 Å². The molecule has 3 aliphatic rings. The van der Waals surface area contributed by atoms with E-state index in [-0.39, 0.29) is 17.9 Å². The number of carbonyl (C=O) groups excluding carboxylic acids is 2. The van der Waals surface area contributed by atoms with Crippen molar-refractivity contribution in [1.29, 1.82) is 0 Å². The van der Waals surface area contributed by atoms with E-state index in [9.17, 15) is 9.59 Å². The zero-order chi connectivity index (χ0) is 25.2. The third-order valence-electron chi connectivity index (χ3n) is 7.46. The van der Waals surface area contributed by atoms with Gasteiger partial charge in [-0.25, -0.2) is 0 Å². The van der Waals surface area contributed by atoms with E-state index in [0.29, 0.717) is 42.4 Å². The summed E-state index contributed by atoms with van der Waals surface area (Å²) in [7, 11) is 4.84. The second kappa shape index (κ2) is 10.3. The highest BCUT2D eigenvalue weighted by Gasteiger charge is 2.35. The number of fused-ring (bicyclic) bond motifs is 3. The Morgan fingerprint density at radius 1 is 0.944 bits per heavy atom. The molecule has 2 amide bonds. The van der Waals surface area contributed by atoms with E-state index in [1.54, 1.807) is 21.3 Å². The molecule has 0 bridgehead atoms. The average Bonchev–Trinajstić information content (AvgIpc) is 2.92. The molecular formula is C27H34N4O5. The molecular weight excluding hydrogens is 460 g/mol. The van der Waals surface area contributed by atoms with Gasteiger partial charge in [-0.15, -0.1) is 0 Å². The average molecular weight is 495 g/mol. The number of nitrogens with zero attached hydrogens (tertiary/aromatic N) is 3. The lowest BCUT2D eigenvalue weighted by Gasteiger charge is -2.41. The fourth-order valence-electron chi connectivity index (χ4n) is 5.55. The Bertz CT molecular complexity index is 1150. The Balaban J connectivity index is 1.24. The van der Waals surface area contributed by atoms with Gasteiger partial charge in [-0.05, 0) is 43.5 Å². The van der Waals surface area contributed by atoms with Crippen molar-refractivity contribution in [3.05, 3.63) is 41.5 Å². The Kier molecular flexibility index (Phi) is 6.91. The molecule has 9 nitrogen and oxygen atoms in total. The highest BCUT2D eigenvalue weighted by molar-refractivity contribution is 6.05. The Morgan fingerprint density at radius 2 is 1.72 bits per heavy atom. The Hall–Kier alpha value is -3.46. The maximum Gasteiger partial charge on any atom is 0.254 e. The van der Waals surface area contributed by atoms with Gasteiger partial charge in [-0.3, -0.25) is 14.5 Å². The molecule has 3 heterocycles. The van der Waals surface area contributed by atoms with Crippen LogP contribution in [0.25, 0.3) is 0 Å². The molecule has 2 saturated heterocycles. The van der Waals surface area contributed by atoms with Crippen molar-refractivity contribution >= 4 is 23.2 Å². The zero-order valence-corrected chi connectivity index (χ0v) is 21.2. The van der Waals surface area contributed by atoms with Crippen LogP contribution >= 0.6 is 0 Å². The lowest BCUT2D eigenvalue weighted by atomic mass is 9.96. The third-order valence-corrected chi connectivity index (χ3v) is 7.46. The van der Waals surface area contributed by atoms with Gasteiger partial charge in [0.25, 0.3) is 5.91 Å². The summed E-state index contributed by atoms with van der Waals surface area (Å²) in [5.41, 5.74) is 3.38. The summed E-state index contributed by atoms with van der Waals surface area (Å²) in [5, 5.41) is 3.03. The Morgan fingerprint density at radius 3 is 2.44 bits per heavy atom. The largest absolute Gasteiger partial charge is 0.493 e. The van der Waals surface area contributed by atoms with Crippen LogP contribution in [0, 0.1) is 0 Å². The zero-order valence-electron chi connectivity index (χ0n) is 21.2. The van der Waals surface area contributed by atoms with E-state index in [4.69, 9.17) is 14.2 Å². The summed E-state index contributed by atoms with van der Waals surface area (Å²) in [5.74, 6) is 1.91. The lowest BCUT2D eigenvalue weighted by Crippen LogP contribution is -2.50. The molecule has 1 atom stereocenters. The second-order valence-corrected chi connectivity index (χ2v) is 9.49. The molecule has 0 aliphatic carbocycles. The molecule has 0 saturated carbocycles. The van der Waals surface area contributed by atoms with Gasteiger partial charge in [-0.2, -0.15) is 0 Å². The number of ether oxygens (including phenoxy) is 3. The molecule has 36 heavy (non-hydrogen) atoms. The predicted molar refractivity (Wildman–Crippen MR) is 137 cm³/mol. The number of hydrogen-bond donors (Lipinski definition) is 1. The maximum atomic E-state index is 13.3. The van der Waals surface area contributed by atoms with E-state index in [2.05, 4.69) is 15.1 Å². The number of carbonyl (C=O) groups is 2. The van der Waals surface area contributed by atoms with Crippen molar-refractivity contribution in [1.82, 2.24) is 9.80 Å². The molecule has 3 aliphatic heterocycles. The van der Waals surface area contributed by atoms with Gasteiger partial charge in [0.2, 0.25) is 11.7 Å². The standard InChI is InChI=1S/C27H34N4O5/c1-34-23-10-8-19(24(35-2)25(23)36-3)17-29-12-14-30(15-13-29)27(33)18-7-9-21-20(16-18)28-26(32)22-6-4-5-11-31(21)22/h7-10,16,22H,4-6,11-15,17H2,1-3H3,(H,28,32). The minimum Gasteiger partial charge on any atom is -0.493 e. The highest BCUT2D eigenvalue weighted by Crippen LogP contribution is 2.40. The first-order chi connectivity index (χ1) is 17.5. The van der Waals surface area contributed by atoms with Gasteiger partial charge in [0.1, 0.15) is 6.04 Å². The summed E-state index contributed by atoms with van der Waals surface area (Å²) < 4.78 is 16.5. The number of anilines is 2. The normalized spacial score (nSPS) is 19.8. The minimum atomic E-state index is -0.0924. The fraction of sp³-hybridized carbons (Fsp3) is 0.481. The maximum absolute atomic E-state index is 13.3. The van der Waals surface area contributed by atoms with Gasteiger partial charge >= 0.3 is 0 Å². The lowest BCUT2D eigenvalue weighted by molar-refractivity contribution is -0.118. The molecule has 0 radical (unpaired) electrons. The molecule has 192 valence electrons. The molecule has 9 heteroatoms. The molecule has 2 aromatic carbocycles. The predicted octanol–water partition coefficient (Wildman–Crippen LogP) is 2.98. The van der Waals surface area contributed by atoms with Crippen LogP contribution in [0.15, 0.2) is 30.3 Å². The van der Waals surface area contributed by atoms with Crippen LogP contribution in [-0.2, 0) is 11.3 Å². The van der Waals surface area contributed by atoms with Crippen LogP contribution in [0.5, 0.6) is 17.2 Å². The van der Waals surface area contributed by atoms with Gasteiger partial charge < -0.3 is 29.3 Å². The van der Waals surface area contributed by atoms with Crippen molar-refractivity contribution < 1.29 is 23.8 Å². The van der Waals surface area contributed by atoms with Crippen LogP contribution in [0.3, 0.4) is 0 Å². The van der Waals surface area contributed by atoms with E-state index < -0.39 is 0 Å². The monoisotopic (exact) mass is 494 g/mol. The van der Waals surface area contributed by atoms with E-state index in [1.165, 1.54) is 0 Å². The van der Waals surface area contributed by atoms with Crippen molar-refractivity contribution in [2.45, 2.75) is 31.8 Å². The van der Waals surface area contributed by atoms with Crippen LogP contribution in [0.2, 0.25) is 0 Å². The molecule has 5 rings (SSSR count). The van der Waals surface area contributed by atoms with E-state index >= 15 is 0 Å². The van der Waals surface area contributed by atoms with Gasteiger partial charge in [0, 0.05) is 50.4 Å². The van der Waals surface area contributed by atoms with Crippen molar-refractivity contribution in [2.24, 2.45) is 0 Å². The number of piperazine rings is 1. The van der Waals surface area contributed by atoms with Gasteiger partial charge in [-0.1, -0.05) is 6.07 Å². The molecule has 1 unspecified atom stereocenters. The number of amides is 2. The van der Waals surface area contributed by atoms with E-state index in [1.807, 2.05) is 35.2 Å². The number of nitrogens with one attached hydrogen (secondary N) is 1. The third kappa shape index (κ3) is 4.43. The highest BCUT2D eigenvalue weighted by atomic mass is 16.5. The van der Waals surface area contributed by atoms with Crippen molar-refractivity contribution in [3.63, 3.8) is 0 Å². The van der Waals surface area contributed by atoms with Gasteiger partial charge in [0.15, 0.2) is 11.5 Å². The number of methoxy groups -OCH3 is 3. The van der Waals surface area contributed by atoms with Crippen LogP contribution in [0.4, 0.5) is 11.4 Å².